The molecule has 1 aromatic rings. The van der Waals surface area contributed by atoms with Crippen molar-refractivity contribution >= 4 is 6.03 Å². The second kappa shape index (κ2) is 5.89. The molecule has 100 valence electrons. The third kappa shape index (κ3) is 2.66. The van der Waals surface area contributed by atoms with Crippen LogP contribution in [0.25, 0.3) is 0 Å². The lowest BCUT2D eigenvalue weighted by Gasteiger charge is -2.35. The van der Waals surface area contributed by atoms with Crippen LogP contribution < -0.4 is 0 Å². The van der Waals surface area contributed by atoms with Gasteiger partial charge in [0.05, 0.1) is 0 Å². The molecule has 1 fully saturated rings. The van der Waals surface area contributed by atoms with Gasteiger partial charge in [0.1, 0.15) is 5.82 Å². The van der Waals surface area contributed by atoms with Crippen molar-refractivity contribution in [1.29, 1.82) is 0 Å². The van der Waals surface area contributed by atoms with Crippen molar-refractivity contribution in [1.82, 2.24) is 19.8 Å². The summed E-state index contributed by atoms with van der Waals surface area (Å²) in [6.07, 6.45) is 5.79. The minimum Gasteiger partial charge on any atom is -0.348 e. The number of imidazole rings is 1. The van der Waals surface area contributed by atoms with Crippen LogP contribution in [0.4, 0.5) is 4.79 Å². The van der Waals surface area contributed by atoms with Crippen molar-refractivity contribution < 1.29 is 4.79 Å². The first-order valence-electron chi connectivity index (χ1n) is 6.79. The van der Waals surface area contributed by atoms with Gasteiger partial charge in [-0.25, -0.2) is 9.78 Å². The average Bonchev–Trinajstić information content (AvgIpc) is 2.94. The van der Waals surface area contributed by atoms with Crippen LogP contribution >= 0.6 is 0 Å². The van der Waals surface area contributed by atoms with Crippen molar-refractivity contribution in [3.8, 4) is 0 Å². The average molecular weight is 250 g/mol. The van der Waals surface area contributed by atoms with E-state index in [1.807, 2.05) is 29.8 Å². The summed E-state index contributed by atoms with van der Waals surface area (Å²) in [6, 6.07) is 0.163. The quantitative estimate of drug-likeness (QED) is 0.892. The van der Waals surface area contributed by atoms with Crippen LogP contribution in [-0.2, 0) is 0 Å². The lowest BCUT2D eigenvalue weighted by molar-refractivity contribution is 0.141. The molecule has 0 spiro atoms. The summed E-state index contributed by atoms with van der Waals surface area (Å²) in [5.41, 5.74) is 0. The highest BCUT2D eigenvalue weighted by Gasteiger charge is 2.27. The Hall–Kier alpha value is -1.52. The van der Waals surface area contributed by atoms with Gasteiger partial charge in [0, 0.05) is 44.5 Å². The zero-order valence-electron chi connectivity index (χ0n) is 11.2. The first-order valence-corrected chi connectivity index (χ1v) is 6.79. The maximum Gasteiger partial charge on any atom is 0.320 e. The monoisotopic (exact) mass is 250 g/mol. The molecule has 18 heavy (non-hydrogen) atoms. The number of aromatic amines is 1. The number of aromatic nitrogens is 2. The van der Waals surface area contributed by atoms with E-state index in [1.165, 1.54) is 0 Å². The van der Waals surface area contributed by atoms with Crippen LogP contribution in [0.15, 0.2) is 12.4 Å². The molecule has 5 nitrogen and oxygen atoms in total. The van der Waals surface area contributed by atoms with Gasteiger partial charge in [-0.05, 0) is 26.7 Å². The zero-order valence-corrected chi connectivity index (χ0v) is 11.2. The van der Waals surface area contributed by atoms with Gasteiger partial charge in [0.25, 0.3) is 0 Å². The molecule has 1 atom stereocenters. The van der Waals surface area contributed by atoms with E-state index in [4.69, 9.17) is 0 Å². The molecule has 1 saturated heterocycles. The number of nitrogens with one attached hydrogen (secondary N) is 1. The van der Waals surface area contributed by atoms with E-state index in [2.05, 4.69) is 9.97 Å². The Labute approximate surface area is 108 Å². The van der Waals surface area contributed by atoms with E-state index in [0.717, 1.165) is 44.8 Å². The van der Waals surface area contributed by atoms with Gasteiger partial charge >= 0.3 is 6.03 Å². The summed E-state index contributed by atoms with van der Waals surface area (Å²) < 4.78 is 0. The summed E-state index contributed by atoms with van der Waals surface area (Å²) in [4.78, 5) is 23.6. The number of piperidine rings is 1. The fourth-order valence-electron chi connectivity index (χ4n) is 2.57. The molecular formula is C13H22N4O. The van der Waals surface area contributed by atoms with E-state index in [-0.39, 0.29) is 6.03 Å². The molecule has 1 unspecified atom stereocenters. The number of carbonyl (C=O) groups excluding carboxylic acids is 1. The van der Waals surface area contributed by atoms with E-state index < -0.39 is 0 Å². The molecule has 1 N–H and O–H groups in total. The van der Waals surface area contributed by atoms with Crippen LogP contribution in [0.1, 0.15) is 38.4 Å². The minimum atomic E-state index is 0.163. The van der Waals surface area contributed by atoms with Gasteiger partial charge in [0.2, 0.25) is 0 Å². The van der Waals surface area contributed by atoms with Gasteiger partial charge in [-0.3, -0.25) is 0 Å². The highest BCUT2D eigenvalue weighted by atomic mass is 16.2. The Bertz CT molecular complexity index is 372. The molecule has 0 saturated carbocycles. The Morgan fingerprint density at radius 3 is 2.94 bits per heavy atom. The van der Waals surface area contributed by atoms with Gasteiger partial charge < -0.3 is 14.8 Å². The van der Waals surface area contributed by atoms with Gasteiger partial charge in [-0.15, -0.1) is 0 Å². The van der Waals surface area contributed by atoms with Gasteiger partial charge in [0.15, 0.2) is 0 Å². The smallest absolute Gasteiger partial charge is 0.320 e. The van der Waals surface area contributed by atoms with Gasteiger partial charge in [-0.1, -0.05) is 0 Å². The number of hydrogen-bond acceptors (Lipinski definition) is 2. The summed E-state index contributed by atoms with van der Waals surface area (Å²) in [6.45, 7) is 7.24. The number of amides is 2. The lowest BCUT2D eigenvalue weighted by Crippen LogP contribution is -2.47. The first-order chi connectivity index (χ1) is 8.76. The number of urea groups is 1. The molecule has 1 aliphatic rings. The van der Waals surface area contributed by atoms with Crippen molar-refractivity contribution in [2.45, 2.75) is 32.6 Å². The molecular weight excluding hydrogens is 228 g/mol. The normalized spacial score (nSPS) is 19.9. The van der Waals surface area contributed by atoms with E-state index >= 15 is 0 Å². The number of nitrogens with zero attached hydrogens (tertiary/aromatic N) is 3. The molecule has 5 heteroatoms. The Balaban J connectivity index is 2.00. The fraction of sp³-hybridized carbons (Fsp3) is 0.692. The molecule has 0 aliphatic carbocycles. The Morgan fingerprint density at radius 1 is 1.56 bits per heavy atom. The SMILES string of the molecule is CCN(CC)C(=O)N1CCCC(c2ncc[nH]2)C1. The molecule has 0 aromatic carbocycles. The molecule has 2 amide bonds. The largest absolute Gasteiger partial charge is 0.348 e. The predicted octanol–water partition coefficient (Wildman–Crippen LogP) is 2.05. The third-order valence-corrected chi connectivity index (χ3v) is 3.63. The number of H-pyrrole nitrogens is 1. The lowest BCUT2D eigenvalue weighted by atomic mass is 9.97. The number of likely N-dealkylation sites (tertiary alicyclic amines) is 1. The predicted molar refractivity (Wildman–Crippen MR) is 70.5 cm³/mol. The van der Waals surface area contributed by atoms with E-state index in [9.17, 15) is 4.79 Å². The van der Waals surface area contributed by atoms with Crippen LogP contribution in [0.2, 0.25) is 0 Å². The van der Waals surface area contributed by atoms with Crippen LogP contribution in [-0.4, -0.2) is 52.0 Å². The molecule has 2 heterocycles. The van der Waals surface area contributed by atoms with Crippen molar-refractivity contribution in [2.24, 2.45) is 0 Å². The van der Waals surface area contributed by atoms with E-state index in [1.54, 1.807) is 6.20 Å². The number of hydrogen-bond donors (Lipinski definition) is 1. The van der Waals surface area contributed by atoms with Crippen molar-refractivity contribution in [2.75, 3.05) is 26.2 Å². The fourth-order valence-corrected chi connectivity index (χ4v) is 2.57. The Kier molecular flexibility index (Phi) is 4.23. The van der Waals surface area contributed by atoms with Crippen LogP contribution in [0.3, 0.4) is 0 Å². The van der Waals surface area contributed by atoms with Crippen LogP contribution in [0, 0.1) is 0 Å². The summed E-state index contributed by atoms with van der Waals surface area (Å²) >= 11 is 0. The summed E-state index contributed by atoms with van der Waals surface area (Å²) in [5.74, 6) is 1.36. The maximum absolute atomic E-state index is 12.3. The zero-order chi connectivity index (χ0) is 13.0. The van der Waals surface area contributed by atoms with Crippen molar-refractivity contribution in [3.63, 3.8) is 0 Å². The molecule has 1 aliphatic heterocycles. The minimum absolute atomic E-state index is 0.163. The first kappa shape index (κ1) is 12.9. The van der Waals surface area contributed by atoms with E-state index in [0.29, 0.717) is 5.92 Å². The molecule has 1 aromatic heterocycles. The maximum atomic E-state index is 12.3. The third-order valence-electron chi connectivity index (χ3n) is 3.63. The molecule has 0 bridgehead atoms. The van der Waals surface area contributed by atoms with Crippen LogP contribution in [0.5, 0.6) is 0 Å². The highest BCUT2D eigenvalue weighted by molar-refractivity contribution is 5.74. The Morgan fingerprint density at radius 2 is 2.33 bits per heavy atom. The second-order valence-electron chi connectivity index (χ2n) is 4.71. The highest BCUT2D eigenvalue weighted by Crippen LogP contribution is 2.24. The topological polar surface area (TPSA) is 52.2 Å². The standard InChI is InChI=1S/C13H22N4O/c1-3-16(4-2)13(18)17-9-5-6-11(10-17)12-14-7-8-15-12/h7-8,11H,3-6,9-10H2,1-2H3,(H,14,15). The molecule has 2 rings (SSSR count). The van der Waals surface area contributed by atoms with Crippen molar-refractivity contribution in [3.05, 3.63) is 18.2 Å². The summed E-state index contributed by atoms with van der Waals surface area (Å²) in [5, 5.41) is 0. The number of carbonyl (C=O) groups is 1. The summed E-state index contributed by atoms with van der Waals surface area (Å²) in [7, 11) is 0. The number of rotatable bonds is 3. The van der Waals surface area contributed by atoms with Gasteiger partial charge in [-0.2, -0.15) is 0 Å². The molecule has 0 radical (unpaired) electrons. The second-order valence-corrected chi connectivity index (χ2v) is 4.71.